The number of nitrogens with one attached hydrogen (secondary N) is 1. The summed E-state index contributed by atoms with van der Waals surface area (Å²) >= 11 is 0. The molecule has 1 atom stereocenters. The number of fused-ring (bicyclic) bond motifs is 1. The van der Waals surface area contributed by atoms with Gasteiger partial charge in [-0.15, -0.1) is 0 Å². The molecule has 5 heteroatoms. The maximum absolute atomic E-state index is 11.6. The number of carbonyl (C=O) groups excluding carboxylic acids is 1. The first-order chi connectivity index (χ1) is 10.3. The molecule has 0 spiro atoms. The summed E-state index contributed by atoms with van der Waals surface area (Å²) in [6.45, 7) is 3.07. The zero-order valence-electron chi connectivity index (χ0n) is 12.3. The van der Waals surface area contributed by atoms with Gasteiger partial charge in [0, 0.05) is 18.0 Å². The summed E-state index contributed by atoms with van der Waals surface area (Å²) in [6.07, 6.45) is 2.29. The van der Waals surface area contributed by atoms with E-state index < -0.39 is 0 Å². The van der Waals surface area contributed by atoms with Gasteiger partial charge in [-0.25, -0.2) is 0 Å². The van der Waals surface area contributed by atoms with Gasteiger partial charge in [-0.3, -0.25) is 9.78 Å². The number of likely N-dealkylation sites (N-methyl/N-ethyl adjacent to an activating group) is 1. The van der Waals surface area contributed by atoms with Gasteiger partial charge in [-0.2, -0.15) is 0 Å². The molecule has 0 radical (unpaired) electrons. The minimum Gasteiger partial charge on any atom is -0.491 e. The number of methoxy groups -OCH3 is 1. The number of esters is 1. The topological polar surface area (TPSA) is 60.5 Å². The fourth-order valence-corrected chi connectivity index (χ4v) is 2.17. The zero-order valence-corrected chi connectivity index (χ0v) is 12.3. The van der Waals surface area contributed by atoms with Crippen molar-refractivity contribution < 1.29 is 14.3 Å². The molecule has 1 N–H and O–H groups in total. The predicted molar refractivity (Wildman–Crippen MR) is 81.3 cm³/mol. The third kappa shape index (κ3) is 3.92. The Morgan fingerprint density at radius 1 is 1.33 bits per heavy atom. The van der Waals surface area contributed by atoms with Crippen LogP contribution < -0.4 is 10.1 Å². The van der Waals surface area contributed by atoms with Gasteiger partial charge in [0.25, 0.3) is 0 Å². The van der Waals surface area contributed by atoms with Gasteiger partial charge in [-0.05, 0) is 18.7 Å². The van der Waals surface area contributed by atoms with Crippen molar-refractivity contribution in [1.29, 1.82) is 0 Å². The molecule has 2 aromatic rings. The third-order valence-electron chi connectivity index (χ3n) is 3.20. The largest absolute Gasteiger partial charge is 0.491 e. The van der Waals surface area contributed by atoms with Crippen molar-refractivity contribution >= 4 is 16.9 Å². The molecule has 1 aromatic carbocycles. The molecule has 112 valence electrons. The Hall–Kier alpha value is -2.14. The Bertz CT molecular complexity index is 596. The van der Waals surface area contributed by atoms with E-state index in [2.05, 4.69) is 10.3 Å². The van der Waals surface area contributed by atoms with E-state index in [4.69, 9.17) is 9.47 Å². The van der Waals surface area contributed by atoms with Crippen LogP contribution in [0.3, 0.4) is 0 Å². The average molecular weight is 288 g/mol. The molecule has 0 amide bonds. The second-order valence-corrected chi connectivity index (χ2v) is 4.60. The molecule has 1 unspecified atom stereocenters. The molecule has 1 aromatic heterocycles. The molecule has 0 aliphatic heterocycles. The molecule has 0 aliphatic rings. The Balaban J connectivity index is 1.99. The molecule has 0 fully saturated rings. The highest BCUT2D eigenvalue weighted by Gasteiger charge is 2.17. The maximum atomic E-state index is 11.6. The highest BCUT2D eigenvalue weighted by Crippen LogP contribution is 2.23. The first-order valence-electron chi connectivity index (χ1n) is 7.04. The number of para-hydroxylation sites is 1. The Labute approximate surface area is 124 Å². The van der Waals surface area contributed by atoms with Crippen LogP contribution in [0.1, 0.15) is 13.3 Å². The normalized spacial score (nSPS) is 12.1. The summed E-state index contributed by atoms with van der Waals surface area (Å²) in [6, 6.07) is 9.35. The quantitative estimate of drug-likeness (QED) is 0.791. The first-order valence-corrected chi connectivity index (χ1v) is 7.04. The fraction of sp³-hybridized carbons (Fsp3) is 0.375. The molecular weight excluding hydrogens is 268 g/mol. The Kier molecular flexibility index (Phi) is 5.51. The predicted octanol–water partition coefficient (Wildman–Crippen LogP) is 2.15. The maximum Gasteiger partial charge on any atom is 0.322 e. The lowest BCUT2D eigenvalue weighted by molar-refractivity contribution is -0.143. The van der Waals surface area contributed by atoms with Crippen LogP contribution in [0.4, 0.5) is 0 Å². The summed E-state index contributed by atoms with van der Waals surface area (Å²) in [5, 5.41) is 4.12. The molecule has 0 bridgehead atoms. The number of nitrogens with zero attached hydrogens (tertiary/aromatic N) is 1. The lowest BCUT2D eigenvalue weighted by Crippen LogP contribution is -2.38. The minimum absolute atomic E-state index is 0.267. The molecule has 0 saturated carbocycles. The van der Waals surface area contributed by atoms with E-state index in [1.165, 1.54) is 7.11 Å². The van der Waals surface area contributed by atoms with Gasteiger partial charge >= 0.3 is 5.97 Å². The van der Waals surface area contributed by atoms with Crippen LogP contribution in [0.5, 0.6) is 5.75 Å². The summed E-state index contributed by atoms with van der Waals surface area (Å²) in [4.78, 5) is 15.9. The van der Waals surface area contributed by atoms with Crippen molar-refractivity contribution in [2.75, 3.05) is 20.3 Å². The van der Waals surface area contributed by atoms with Gasteiger partial charge in [0.15, 0.2) is 0 Å². The zero-order chi connectivity index (χ0) is 15.1. The molecule has 1 heterocycles. The van der Waals surface area contributed by atoms with Gasteiger partial charge in [0.2, 0.25) is 0 Å². The van der Waals surface area contributed by atoms with E-state index in [0.29, 0.717) is 19.6 Å². The van der Waals surface area contributed by atoms with Gasteiger partial charge < -0.3 is 14.8 Å². The van der Waals surface area contributed by atoms with E-state index in [0.717, 1.165) is 16.7 Å². The summed E-state index contributed by atoms with van der Waals surface area (Å²) in [7, 11) is 1.39. The van der Waals surface area contributed by atoms with Crippen LogP contribution in [-0.4, -0.2) is 37.3 Å². The van der Waals surface area contributed by atoms with E-state index in [-0.39, 0.29) is 12.0 Å². The Morgan fingerprint density at radius 3 is 2.90 bits per heavy atom. The van der Waals surface area contributed by atoms with Crippen molar-refractivity contribution in [3.05, 3.63) is 36.5 Å². The fourth-order valence-electron chi connectivity index (χ4n) is 2.17. The monoisotopic (exact) mass is 288 g/mol. The number of rotatable bonds is 7. The van der Waals surface area contributed by atoms with Crippen molar-refractivity contribution in [3.63, 3.8) is 0 Å². The van der Waals surface area contributed by atoms with Gasteiger partial charge in [-0.1, -0.05) is 25.1 Å². The number of hydrogen-bond donors (Lipinski definition) is 1. The second kappa shape index (κ2) is 7.59. The van der Waals surface area contributed by atoms with Crippen LogP contribution in [-0.2, 0) is 9.53 Å². The molecule has 0 saturated heterocycles. The second-order valence-electron chi connectivity index (χ2n) is 4.60. The molecular formula is C16H20N2O3. The number of aromatic nitrogens is 1. The van der Waals surface area contributed by atoms with Crippen LogP contribution in [0.15, 0.2) is 36.5 Å². The van der Waals surface area contributed by atoms with E-state index in [1.54, 1.807) is 6.20 Å². The molecule has 21 heavy (non-hydrogen) atoms. The Morgan fingerprint density at radius 2 is 2.14 bits per heavy atom. The van der Waals surface area contributed by atoms with Crippen LogP contribution in [0.2, 0.25) is 0 Å². The lowest BCUT2D eigenvalue weighted by atomic mass is 10.2. The number of benzene rings is 1. The van der Waals surface area contributed by atoms with Gasteiger partial charge in [0.1, 0.15) is 17.3 Å². The summed E-state index contributed by atoms with van der Waals surface area (Å²) < 4.78 is 10.5. The lowest BCUT2D eigenvalue weighted by Gasteiger charge is -2.16. The van der Waals surface area contributed by atoms with Crippen LogP contribution in [0.25, 0.3) is 10.9 Å². The third-order valence-corrected chi connectivity index (χ3v) is 3.20. The molecule has 5 nitrogen and oxygen atoms in total. The smallest absolute Gasteiger partial charge is 0.322 e. The number of hydrogen-bond acceptors (Lipinski definition) is 5. The first kappa shape index (κ1) is 15.3. The number of pyridine rings is 1. The van der Waals surface area contributed by atoms with Crippen molar-refractivity contribution in [3.8, 4) is 5.75 Å². The number of ether oxygens (including phenoxy) is 2. The highest BCUT2D eigenvalue weighted by molar-refractivity contribution is 5.84. The van der Waals surface area contributed by atoms with Crippen LogP contribution in [0, 0.1) is 0 Å². The molecule has 2 rings (SSSR count). The summed E-state index contributed by atoms with van der Waals surface area (Å²) in [5.41, 5.74) is 0.832. The van der Waals surface area contributed by atoms with E-state index in [1.807, 2.05) is 37.3 Å². The summed E-state index contributed by atoms with van der Waals surface area (Å²) in [5.74, 6) is 0.463. The highest BCUT2D eigenvalue weighted by atomic mass is 16.5. The average Bonchev–Trinajstić information content (AvgIpc) is 2.53. The number of carbonyl (C=O) groups is 1. The van der Waals surface area contributed by atoms with Crippen molar-refractivity contribution in [2.45, 2.75) is 19.4 Å². The standard InChI is InChI=1S/C16H20N2O3/c1-3-17-13(16(19)20-2)9-11-21-14-8-4-6-12-7-5-10-18-15(12)14/h4-8,10,13,17H,3,9,11H2,1-2H3. The van der Waals surface area contributed by atoms with E-state index in [9.17, 15) is 4.79 Å². The SMILES string of the molecule is CCNC(CCOc1cccc2cccnc12)C(=O)OC. The minimum atomic E-state index is -0.345. The van der Waals surface area contributed by atoms with Crippen molar-refractivity contribution in [1.82, 2.24) is 10.3 Å². The van der Waals surface area contributed by atoms with E-state index >= 15 is 0 Å². The van der Waals surface area contributed by atoms with Crippen molar-refractivity contribution in [2.24, 2.45) is 0 Å². The van der Waals surface area contributed by atoms with Crippen LogP contribution >= 0.6 is 0 Å². The molecule has 0 aliphatic carbocycles. The van der Waals surface area contributed by atoms with Gasteiger partial charge in [0.05, 0.1) is 13.7 Å².